The van der Waals surface area contributed by atoms with Crippen molar-refractivity contribution in [3.8, 4) is 0 Å². The van der Waals surface area contributed by atoms with Gasteiger partial charge in [0.15, 0.2) is 0 Å². The Bertz CT molecular complexity index is 280. The van der Waals surface area contributed by atoms with Gasteiger partial charge in [0.05, 0.1) is 0 Å². The summed E-state index contributed by atoms with van der Waals surface area (Å²) < 4.78 is 5.46. The average molecular weight is 237 g/mol. The highest BCUT2D eigenvalue weighted by Gasteiger charge is 2.21. The van der Waals surface area contributed by atoms with E-state index in [9.17, 15) is 4.79 Å². The van der Waals surface area contributed by atoms with Crippen molar-refractivity contribution >= 4 is 5.91 Å². The molecule has 1 N–H and O–H groups in total. The number of nitrogens with one attached hydrogen (secondary N) is 1. The van der Waals surface area contributed by atoms with Crippen LogP contribution in [0.25, 0.3) is 0 Å². The van der Waals surface area contributed by atoms with E-state index in [0.717, 1.165) is 38.8 Å². The summed E-state index contributed by atoms with van der Waals surface area (Å²) in [7, 11) is 0. The maximum atomic E-state index is 11.8. The van der Waals surface area contributed by atoms with Gasteiger partial charge in [-0.05, 0) is 51.4 Å². The van der Waals surface area contributed by atoms with Gasteiger partial charge >= 0.3 is 0 Å². The van der Waals surface area contributed by atoms with Gasteiger partial charge in [0, 0.05) is 13.2 Å². The predicted molar refractivity (Wildman–Crippen MR) is 67.8 cm³/mol. The zero-order valence-electron chi connectivity index (χ0n) is 10.5. The molecule has 0 aromatic rings. The van der Waals surface area contributed by atoms with E-state index in [0.29, 0.717) is 0 Å². The summed E-state index contributed by atoms with van der Waals surface area (Å²) in [5, 5.41) is 2.99. The zero-order chi connectivity index (χ0) is 11.9. The summed E-state index contributed by atoms with van der Waals surface area (Å²) in [4.78, 5) is 11.8. The van der Waals surface area contributed by atoms with E-state index >= 15 is 0 Å². The van der Waals surface area contributed by atoms with Gasteiger partial charge in [0.1, 0.15) is 6.10 Å². The lowest BCUT2D eigenvalue weighted by Crippen LogP contribution is -2.38. The van der Waals surface area contributed by atoms with Crippen LogP contribution in [-0.2, 0) is 9.53 Å². The molecule has 1 aliphatic carbocycles. The van der Waals surface area contributed by atoms with Crippen molar-refractivity contribution in [2.45, 2.75) is 57.5 Å². The van der Waals surface area contributed by atoms with Crippen LogP contribution >= 0.6 is 0 Å². The van der Waals surface area contributed by atoms with Gasteiger partial charge in [0.25, 0.3) is 0 Å². The first-order valence-corrected chi connectivity index (χ1v) is 6.93. The van der Waals surface area contributed by atoms with Crippen molar-refractivity contribution in [3.63, 3.8) is 0 Å². The first-order chi connectivity index (χ1) is 8.36. The van der Waals surface area contributed by atoms with Crippen molar-refractivity contribution in [3.05, 3.63) is 11.6 Å². The fourth-order valence-electron chi connectivity index (χ4n) is 2.54. The van der Waals surface area contributed by atoms with Gasteiger partial charge in [-0.2, -0.15) is 0 Å². The Morgan fingerprint density at radius 1 is 1.35 bits per heavy atom. The molecule has 1 amide bonds. The predicted octanol–water partition coefficient (Wildman–Crippen LogP) is 2.56. The molecule has 0 radical (unpaired) electrons. The van der Waals surface area contributed by atoms with E-state index in [2.05, 4.69) is 11.4 Å². The first kappa shape index (κ1) is 12.6. The van der Waals surface area contributed by atoms with Crippen LogP contribution in [0.4, 0.5) is 0 Å². The molecule has 1 heterocycles. The lowest BCUT2D eigenvalue weighted by Gasteiger charge is -2.22. The second kappa shape index (κ2) is 6.80. The molecule has 1 fully saturated rings. The van der Waals surface area contributed by atoms with Crippen molar-refractivity contribution < 1.29 is 9.53 Å². The quantitative estimate of drug-likeness (QED) is 0.763. The summed E-state index contributed by atoms with van der Waals surface area (Å²) >= 11 is 0. The van der Waals surface area contributed by atoms with E-state index in [4.69, 9.17) is 4.74 Å². The van der Waals surface area contributed by atoms with Gasteiger partial charge in [-0.15, -0.1) is 0 Å². The molecule has 1 aliphatic heterocycles. The summed E-state index contributed by atoms with van der Waals surface area (Å²) in [6.07, 6.45) is 11.3. The van der Waals surface area contributed by atoms with E-state index in [1.165, 1.54) is 31.3 Å². The summed E-state index contributed by atoms with van der Waals surface area (Å²) in [6, 6.07) is 0. The van der Waals surface area contributed by atoms with Crippen molar-refractivity contribution in [2.24, 2.45) is 0 Å². The molecule has 0 aromatic carbocycles. The Kier molecular flexibility index (Phi) is 5.05. The number of hydrogen-bond acceptors (Lipinski definition) is 2. The van der Waals surface area contributed by atoms with Gasteiger partial charge < -0.3 is 10.1 Å². The van der Waals surface area contributed by atoms with Crippen LogP contribution in [0.15, 0.2) is 11.6 Å². The molecular weight excluding hydrogens is 214 g/mol. The molecule has 1 atom stereocenters. The Balaban J connectivity index is 1.63. The monoisotopic (exact) mass is 237 g/mol. The minimum Gasteiger partial charge on any atom is -0.368 e. The molecule has 0 bridgehead atoms. The van der Waals surface area contributed by atoms with Crippen molar-refractivity contribution in [1.29, 1.82) is 0 Å². The minimum atomic E-state index is -0.191. The lowest BCUT2D eigenvalue weighted by atomic mass is 9.97. The number of amides is 1. The van der Waals surface area contributed by atoms with Crippen molar-refractivity contribution in [2.75, 3.05) is 13.2 Å². The van der Waals surface area contributed by atoms with Gasteiger partial charge in [-0.1, -0.05) is 11.6 Å². The number of hydrogen-bond donors (Lipinski definition) is 1. The molecule has 0 aromatic heterocycles. The molecule has 3 nitrogen and oxygen atoms in total. The fraction of sp³-hybridized carbons (Fsp3) is 0.786. The molecule has 3 heteroatoms. The largest absolute Gasteiger partial charge is 0.368 e. The van der Waals surface area contributed by atoms with Crippen molar-refractivity contribution in [1.82, 2.24) is 5.32 Å². The van der Waals surface area contributed by atoms with Crippen LogP contribution < -0.4 is 5.32 Å². The standard InChI is InChI=1S/C14H23NO2/c16-14(13-8-4-5-11-17-13)15-10-9-12-6-2-1-3-7-12/h6,13H,1-5,7-11H2,(H,15,16). The number of allylic oxidation sites excluding steroid dienone is 1. The molecule has 17 heavy (non-hydrogen) atoms. The van der Waals surface area contributed by atoms with E-state index < -0.39 is 0 Å². The van der Waals surface area contributed by atoms with Crippen LogP contribution in [0, 0.1) is 0 Å². The van der Waals surface area contributed by atoms with Crippen LogP contribution in [-0.4, -0.2) is 25.2 Å². The lowest BCUT2D eigenvalue weighted by molar-refractivity contribution is -0.135. The highest BCUT2D eigenvalue weighted by molar-refractivity contribution is 5.80. The Morgan fingerprint density at radius 2 is 2.29 bits per heavy atom. The normalized spacial score (nSPS) is 25.2. The fourth-order valence-corrected chi connectivity index (χ4v) is 2.54. The SMILES string of the molecule is O=C(NCCC1=CCCCC1)C1CCCCO1. The second-order valence-corrected chi connectivity index (χ2v) is 5.00. The molecular formula is C14H23NO2. The summed E-state index contributed by atoms with van der Waals surface area (Å²) in [5.74, 6) is 0.0844. The van der Waals surface area contributed by atoms with E-state index in [1.807, 2.05) is 0 Å². The molecule has 1 unspecified atom stereocenters. The minimum absolute atomic E-state index is 0.0844. The topological polar surface area (TPSA) is 38.3 Å². The Hall–Kier alpha value is -0.830. The van der Waals surface area contributed by atoms with Crippen LogP contribution in [0.1, 0.15) is 51.4 Å². The summed E-state index contributed by atoms with van der Waals surface area (Å²) in [6.45, 7) is 1.51. The van der Waals surface area contributed by atoms with Gasteiger partial charge in [0.2, 0.25) is 5.91 Å². The smallest absolute Gasteiger partial charge is 0.249 e. The number of carbonyl (C=O) groups is 1. The van der Waals surface area contributed by atoms with E-state index in [-0.39, 0.29) is 12.0 Å². The molecule has 0 saturated carbocycles. The van der Waals surface area contributed by atoms with Gasteiger partial charge in [-0.25, -0.2) is 0 Å². The maximum absolute atomic E-state index is 11.8. The van der Waals surface area contributed by atoms with E-state index in [1.54, 1.807) is 0 Å². The highest BCUT2D eigenvalue weighted by Crippen LogP contribution is 2.19. The molecule has 96 valence electrons. The first-order valence-electron chi connectivity index (χ1n) is 6.93. The van der Waals surface area contributed by atoms with Crippen LogP contribution in [0.2, 0.25) is 0 Å². The second-order valence-electron chi connectivity index (χ2n) is 5.00. The average Bonchev–Trinajstić information content (AvgIpc) is 2.41. The molecule has 2 aliphatic rings. The number of rotatable bonds is 4. The molecule has 0 spiro atoms. The molecule has 2 rings (SSSR count). The number of ether oxygens (including phenoxy) is 1. The Morgan fingerprint density at radius 3 is 3.00 bits per heavy atom. The zero-order valence-corrected chi connectivity index (χ0v) is 10.5. The van der Waals surface area contributed by atoms with Gasteiger partial charge in [-0.3, -0.25) is 4.79 Å². The molecule has 1 saturated heterocycles. The third-order valence-electron chi connectivity index (χ3n) is 3.60. The summed E-state index contributed by atoms with van der Waals surface area (Å²) in [5.41, 5.74) is 1.51. The van der Waals surface area contributed by atoms with Crippen LogP contribution in [0.5, 0.6) is 0 Å². The van der Waals surface area contributed by atoms with Crippen LogP contribution in [0.3, 0.4) is 0 Å². The third-order valence-corrected chi connectivity index (χ3v) is 3.60. The Labute approximate surface area is 104 Å². The number of carbonyl (C=O) groups excluding carboxylic acids is 1. The maximum Gasteiger partial charge on any atom is 0.249 e. The highest BCUT2D eigenvalue weighted by atomic mass is 16.5. The third kappa shape index (κ3) is 4.15.